The number of hydrogen-bond acceptors (Lipinski definition) is 7. The van der Waals surface area contributed by atoms with Gasteiger partial charge in [0.25, 0.3) is 0 Å². The summed E-state index contributed by atoms with van der Waals surface area (Å²) in [5.41, 5.74) is -1.06. The lowest BCUT2D eigenvalue weighted by atomic mass is 9.82. The van der Waals surface area contributed by atoms with Crippen molar-refractivity contribution >= 4 is 16.0 Å². The molecule has 0 radical (unpaired) electrons. The van der Waals surface area contributed by atoms with E-state index in [1.165, 1.54) is 4.31 Å². The van der Waals surface area contributed by atoms with Crippen molar-refractivity contribution in [3.05, 3.63) is 24.5 Å². The first kappa shape index (κ1) is 21.0. The summed E-state index contributed by atoms with van der Waals surface area (Å²) < 4.78 is 44.7. The van der Waals surface area contributed by atoms with Crippen LogP contribution >= 0.6 is 0 Å². The van der Waals surface area contributed by atoms with Crippen LogP contribution in [0.4, 0.5) is 0 Å². The molecule has 0 saturated carbocycles. The number of nitrogens with zero attached hydrogens (tertiary/aromatic N) is 2. The van der Waals surface area contributed by atoms with Crippen LogP contribution in [0.25, 0.3) is 0 Å². The van der Waals surface area contributed by atoms with E-state index in [0.717, 1.165) is 12.8 Å². The molecule has 0 N–H and O–H groups in total. The van der Waals surface area contributed by atoms with Crippen LogP contribution in [0, 0.1) is 5.41 Å². The maximum atomic E-state index is 13.4. The molecule has 1 aromatic heterocycles. The number of pyridine rings is 1. The van der Waals surface area contributed by atoms with Crippen molar-refractivity contribution in [1.29, 1.82) is 0 Å². The van der Waals surface area contributed by atoms with Crippen molar-refractivity contribution in [2.24, 2.45) is 5.41 Å². The Balaban J connectivity index is 1.80. The molecule has 3 rings (SSSR count). The fraction of sp³-hybridized carbons (Fsp3) is 0.684. The molecule has 2 aliphatic heterocycles. The smallest absolute Gasteiger partial charge is 0.313 e. The van der Waals surface area contributed by atoms with Crippen molar-refractivity contribution < 1.29 is 27.4 Å². The molecule has 0 aliphatic carbocycles. The molecule has 156 valence electrons. The zero-order valence-corrected chi connectivity index (χ0v) is 17.0. The fourth-order valence-electron chi connectivity index (χ4n) is 3.77. The fourth-order valence-corrected chi connectivity index (χ4v) is 5.95. The van der Waals surface area contributed by atoms with E-state index < -0.39 is 27.6 Å². The minimum atomic E-state index is -3.74. The number of carbonyl (C=O) groups excluding carboxylic acids is 1. The van der Waals surface area contributed by atoms with Gasteiger partial charge in [-0.05, 0) is 51.2 Å². The minimum absolute atomic E-state index is 0.221. The molecule has 2 saturated heterocycles. The van der Waals surface area contributed by atoms with E-state index in [0.29, 0.717) is 44.8 Å². The number of piperidine rings is 1. The van der Waals surface area contributed by atoms with Crippen LogP contribution in [-0.4, -0.2) is 62.0 Å². The van der Waals surface area contributed by atoms with Crippen LogP contribution in [0.3, 0.4) is 0 Å². The lowest BCUT2D eigenvalue weighted by molar-refractivity contribution is -0.159. The van der Waals surface area contributed by atoms with Crippen molar-refractivity contribution in [1.82, 2.24) is 9.29 Å². The van der Waals surface area contributed by atoms with E-state index >= 15 is 0 Å². The molecular weight excluding hydrogens is 384 g/mol. The first-order chi connectivity index (χ1) is 13.5. The van der Waals surface area contributed by atoms with Gasteiger partial charge in [-0.25, -0.2) is 8.42 Å². The minimum Gasteiger partial charge on any atom is -0.474 e. The predicted molar refractivity (Wildman–Crippen MR) is 102 cm³/mol. The van der Waals surface area contributed by atoms with Crippen molar-refractivity contribution in [3.63, 3.8) is 0 Å². The first-order valence-electron chi connectivity index (χ1n) is 9.78. The van der Waals surface area contributed by atoms with E-state index in [1.54, 1.807) is 31.5 Å². The van der Waals surface area contributed by atoms with Gasteiger partial charge in [0.1, 0.15) is 5.75 Å². The average molecular weight is 413 g/mol. The molecule has 1 atom stereocenters. The lowest BCUT2D eigenvalue weighted by Crippen LogP contribution is -2.52. The van der Waals surface area contributed by atoms with Crippen LogP contribution in [0.5, 0.6) is 5.75 Å². The number of aromatic nitrogens is 1. The lowest BCUT2D eigenvalue weighted by Gasteiger charge is -2.39. The molecule has 2 aliphatic rings. The van der Waals surface area contributed by atoms with Crippen molar-refractivity contribution in [3.8, 4) is 5.75 Å². The Bertz CT molecular complexity index is 749. The Morgan fingerprint density at radius 2 is 2.00 bits per heavy atom. The number of esters is 1. The van der Waals surface area contributed by atoms with Gasteiger partial charge in [0.2, 0.25) is 10.0 Å². The van der Waals surface area contributed by atoms with Crippen LogP contribution in [0.15, 0.2) is 24.5 Å². The van der Waals surface area contributed by atoms with E-state index in [9.17, 15) is 13.2 Å². The Morgan fingerprint density at radius 3 is 2.68 bits per heavy atom. The largest absolute Gasteiger partial charge is 0.474 e. The standard InChI is InChI=1S/C19H28N2O6S/c1-2-26-18(22)19(8-13-25-14-9-19)15-28(23,24)21-12-4-3-5-17(21)27-16-6-10-20-11-7-16/h6-7,10-11,17H,2-5,8-9,12-15H2,1H3. The summed E-state index contributed by atoms with van der Waals surface area (Å²) in [7, 11) is -3.74. The highest BCUT2D eigenvalue weighted by molar-refractivity contribution is 7.89. The molecule has 9 heteroatoms. The number of hydrogen-bond donors (Lipinski definition) is 0. The third-order valence-electron chi connectivity index (χ3n) is 5.30. The molecule has 0 aromatic carbocycles. The highest BCUT2D eigenvalue weighted by Gasteiger charge is 2.48. The van der Waals surface area contributed by atoms with E-state index in [4.69, 9.17) is 14.2 Å². The van der Waals surface area contributed by atoms with Gasteiger partial charge in [-0.2, -0.15) is 4.31 Å². The van der Waals surface area contributed by atoms with Crippen LogP contribution < -0.4 is 4.74 Å². The molecule has 8 nitrogen and oxygen atoms in total. The molecule has 0 spiro atoms. The summed E-state index contributed by atoms with van der Waals surface area (Å²) in [6.07, 6.45) is 5.58. The number of ether oxygens (including phenoxy) is 3. The third kappa shape index (κ3) is 4.82. The summed E-state index contributed by atoms with van der Waals surface area (Å²) in [6, 6.07) is 3.41. The van der Waals surface area contributed by atoms with Crippen LogP contribution in [0.1, 0.15) is 39.0 Å². The summed E-state index contributed by atoms with van der Waals surface area (Å²) in [5.74, 6) is -0.156. The molecule has 2 fully saturated rings. The predicted octanol–water partition coefficient (Wildman–Crippen LogP) is 1.96. The van der Waals surface area contributed by atoms with Gasteiger partial charge in [-0.3, -0.25) is 9.78 Å². The zero-order valence-electron chi connectivity index (χ0n) is 16.2. The monoisotopic (exact) mass is 412 g/mol. The average Bonchev–Trinajstić information content (AvgIpc) is 2.70. The maximum absolute atomic E-state index is 13.4. The van der Waals surface area contributed by atoms with Gasteiger partial charge in [0, 0.05) is 32.2 Å². The van der Waals surface area contributed by atoms with E-state index in [1.807, 2.05) is 0 Å². The molecule has 1 unspecified atom stereocenters. The van der Waals surface area contributed by atoms with Crippen LogP contribution in [-0.2, 0) is 24.3 Å². The Morgan fingerprint density at radius 1 is 1.29 bits per heavy atom. The topological polar surface area (TPSA) is 95.0 Å². The number of rotatable bonds is 7. The second kappa shape index (κ2) is 9.19. The maximum Gasteiger partial charge on any atom is 0.313 e. The molecule has 0 bridgehead atoms. The summed E-state index contributed by atoms with van der Waals surface area (Å²) in [4.78, 5) is 16.6. The number of carbonyl (C=O) groups is 1. The van der Waals surface area contributed by atoms with Crippen molar-refractivity contribution in [2.75, 3.05) is 32.1 Å². The van der Waals surface area contributed by atoms with Crippen molar-refractivity contribution in [2.45, 2.75) is 45.3 Å². The molecule has 0 amide bonds. The second-order valence-corrected chi connectivity index (χ2v) is 9.15. The molecule has 1 aromatic rings. The van der Waals surface area contributed by atoms with Gasteiger partial charge in [0.15, 0.2) is 6.23 Å². The van der Waals surface area contributed by atoms with Gasteiger partial charge in [0.05, 0.1) is 17.8 Å². The zero-order chi connectivity index (χ0) is 20.0. The highest BCUT2D eigenvalue weighted by atomic mass is 32.2. The second-order valence-electron chi connectivity index (χ2n) is 7.23. The normalized spacial score (nSPS) is 23.1. The summed E-state index contributed by atoms with van der Waals surface area (Å²) in [5, 5.41) is 0. The quantitative estimate of drug-likeness (QED) is 0.632. The Kier molecular flexibility index (Phi) is 6.90. The summed E-state index contributed by atoms with van der Waals surface area (Å²) in [6.45, 7) is 3.03. The van der Waals surface area contributed by atoms with E-state index in [-0.39, 0.29) is 12.4 Å². The third-order valence-corrected chi connectivity index (χ3v) is 7.35. The Labute approximate surface area is 166 Å². The molecular formula is C19H28N2O6S. The van der Waals surface area contributed by atoms with Crippen LogP contribution in [0.2, 0.25) is 0 Å². The van der Waals surface area contributed by atoms with Gasteiger partial charge in [-0.15, -0.1) is 0 Å². The van der Waals surface area contributed by atoms with E-state index in [2.05, 4.69) is 4.98 Å². The van der Waals surface area contributed by atoms with Gasteiger partial charge in [-0.1, -0.05) is 0 Å². The SMILES string of the molecule is CCOC(=O)C1(CS(=O)(=O)N2CCCCC2Oc2ccncc2)CCOCC1. The summed E-state index contributed by atoms with van der Waals surface area (Å²) >= 11 is 0. The van der Waals surface area contributed by atoms with Gasteiger partial charge < -0.3 is 14.2 Å². The Hall–Kier alpha value is -1.71. The molecule has 28 heavy (non-hydrogen) atoms. The van der Waals surface area contributed by atoms with Gasteiger partial charge >= 0.3 is 5.97 Å². The first-order valence-corrected chi connectivity index (χ1v) is 11.4. The molecule has 3 heterocycles. The highest BCUT2D eigenvalue weighted by Crippen LogP contribution is 2.36. The number of sulfonamides is 1.